The zero-order valence-electron chi connectivity index (χ0n) is 13.5. The van der Waals surface area contributed by atoms with Crippen molar-refractivity contribution >= 4 is 11.6 Å². The average Bonchev–Trinajstić information content (AvgIpc) is 2.43. The Bertz CT molecular complexity index is 388. The van der Waals surface area contributed by atoms with Crippen molar-refractivity contribution in [1.29, 1.82) is 0 Å². The minimum absolute atomic E-state index is 0.856. The second kappa shape index (κ2) is 8.46. The Kier molecular flexibility index (Phi) is 6.91. The first-order valence-electron chi connectivity index (χ1n) is 7.25. The molecule has 0 N–H and O–H groups in total. The van der Waals surface area contributed by atoms with E-state index in [4.69, 9.17) is 0 Å². The Morgan fingerprint density at radius 3 is 2.10 bits per heavy atom. The molecular formula is C16H28N4. The van der Waals surface area contributed by atoms with Crippen molar-refractivity contribution in [3.05, 3.63) is 30.3 Å². The van der Waals surface area contributed by atoms with Crippen molar-refractivity contribution < 1.29 is 0 Å². The summed E-state index contributed by atoms with van der Waals surface area (Å²) in [6, 6.07) is 10.6. The second-order valence-electron chi connectivity index (χ2n) is 5.24. The summed E-state index contributed by atoms with van der Waals surface area (Å²) >= 11 is 0. The van der Waals surface area contributed by atoms with Gasteiger partial charge in [0, 0.05) is 53.5 Å². The minimum Gasteiger partial charge on any atom is -0.372 e. The van der Waals surface area contributed by atoms with Crippen molar-refractivity contribution in [2.75, 3.05) is 52.7 Å². The van der Waals surface area contributed by atoms with Crippen LogP contribution < -0.4 is 4.90 Å². The predicted molar refractivity (Wildman–Crippen MR) is 88.6 cm³/mol. The third-order valence-electron chi connectivity index (χ3n) is 3.14. The number of hydrogen-bond donors (Lipinski definition) is 0. The average molecular weight is 276 g/mol. The van der Waals surface area contributed by atoms with Crippen LogP contribution in [0.1, 0.15) is 13.3 Å². The highest BCUT2D eigenvalue weighted by atomic mass is 15.3. The normalized spacial score (nSPS) is 10.1. The molecule has 0 saturated carbocycles. The van der Waals surface area contributed by atoms with Crippen LogP contribution >= 0.6 is 0 Å². The van der Waals surface area contributed by atoms with Crippen LogP contribution in [0, 0.1) is 0 Å². The monoisotopic (exact) mass is 276 g/mol. The van der Waals surface area contributed by atoms with Gasteiger partial charge in [-0.05, 0) is 25.5 Å². The lowest BCUT2D eigenvalue weighted by Crippen LogP contribution is -2.35. The van der Waals surface area contributed by atoms with Crippen molar-refractivity contribution in [2.45, 2.75) is 13.3 Å². The van der Waals surface area contributed by atoms with Gasteiger partial charge < -0.3 is 14.7 Å². The highest BCUT2D eigenvalue weighted by molar-refractivity contribution is 5.79. The Labute approximate surface area is 123 Å². The molecule has 0 aliphatic rings. The molecule has 0 aliphatic carbocycles. The van der Waals surface area contributed by atoms with Gasteiger partial charge in [-0.1, -0.05) is 18.2 Å². The molecule has 20 heavy (non-hydrogen) atoms. The summed E-state index contributed by atoms with van der Waals surface area (Å²) in [5, 5.41) is 0. The molecule has 0 saturated heterocycles. The largest absolute Gasteiger partial charge is 0.372 e. The molecule has 0 unspecified atom stereocenters. The van der Waals surface area contributed by atoms with Gasteiger partial charge in [-0.2, -0.15) is 0 Å². The first kappa shape index (κ1) is 16.3. The summed E-state index contributed by atoms with van der Waals surface area (Å²) in [4.78, 5) is 11.2. The third-order valence-corrected chi connectivity index (χ3v) is 3.14. The van der Waals surface area contributed by atoms with Gasteiger partial charge >= 0.3 is 0 Å². The lowest BCUT2D eigenvalue weighted by atomic mass is 10.2. The molecule has 0 fully saturated rings. The molecule has 0 heterocycles. The van der Waals surface area contributed by atoms with E-state index in [-0.39, 0.29) is 0 Å². The van der Waals surface area contributed by atoms with E-state index >= 15 is 0 Å². The fourth-order valence-electron chi connectivity index (χ4n) is 2.23. The van der Waals surface area contributed by atoms with E-state index in [2.05, 4.69) is 56.9 Å². The molecular weight excluding hydrogens is 248 g/mol. The summed E-state index contributed by atoms with van der Waals surface area (Å²) in [6.45, 7) is 5.12. The molecule has 0 atom stereocenters. The summed E-state index contributed by atoms with van der Waals surface area (Å²) < 4.78 is 0. The molecule has 0 aliphatic heterocycles. The Morgan fingerprint density at radius 1 is 1.00 bits per heavy atom. The summed E-state index contributed by atoms with van der Waals surface area (Å²) in [5.74, 6) is 1.02. The number of para-hydroxylation sites is 1. The smallest absolute Gasteiger partial charge is 0.195 e. The maximum atomic E-state index is 4.66. The van der Waals surface area contributed by atoms with Gasteiger partial charge in [-0.25, -0.2) is 0 Å². The van der Waals surface area contributed by atoms with Crippen LogP contribution in [0.15, 0.2) is 35.3 Å². The zero-order valence-corrected chi connectivity index (χ0v) is 13.5. The minimum atomic E-state index is 0.856. The Morgan fingerprint density at radius 2 is 1.60 bits per heavy atom. The fraction of sp³-hybridized carbons (Fsp3) is 0.562. The standard InChI is InChI=1S/C16H28N4/c1-6-20(15-11-8-7-9-12-15)14-10-13-17-16(18(2)3)19(4)5/h7-9,11-12H,6,10,13-14H2,1-5H3. The van der Waals surface area contributed by atoms with Crippen LogP contribution in [0.2, 0.25) is 0 Å². The van der Waals surface area contributed by atoms with E-state index in [0.717, 1.165) is 32.0 Å². The van der Waals surface area contributed by atoms with Crippen LogP contribution in [0.3, 0.4) is 0 Å². The molecule has 0 aromatic heterocycles. The lowest BCUT2D eigenvalue weighted by molar-refractivity contribution is 0.479. The zero-order chi connectivity index (χ0) is 15.0. The molecule has 0 radical (unpaired) electrons. The highest BCUT2D eigenvalue weighted by Gasteiger charge is 2.05. The van der Waals surface area contributed by atoms with Crippen LogP contribution in [-0.4, -0.2) is 63.6 Å². The van der Waals surface area contributed by atoms with Crippen LogP contribution in [0.4, 0.5) is 5.69 Å². The summed E-state index contributed by atoms with van der Waals surface area (Å²) in [7, 11) is 8.12. The van der Waals surface area contributed by atoms with Crippen LogP contribution in [0.5, 0.6) is 0 Å². The quantitative estimate of drug-likeness (QED) is 0.452. The molecule has 112 valence electrons. The second-order valence-corrected chi connectivity index (χ2v) is 5.24. The number of rotatable bonds is 6. The van der Waals surface area contributed by atoms with E-state index in [1.807, 2.05) is 28.2 Å². The Balaban J connectivity index is 2.48. The SMILES string of the molecule is CCN(CCCN=C(N(C)C)N(C)C)c1ccccc1. The van der Waals surface area contributed by atoms with Gasteiger partial charge in [0.2, 0.25) is 0 Å². The molecule has 0 bridgehead atoms. The van der Waals surface area contributed by atoms with Crippen molar-refractivity contribution in [2.24, 2.45) is 4.99 Å². The Hall–Kier alpha value is -1.71. The molecule has 0 spiro atoms. The van der Waals surface area contributed by atoms with E-state index in [1.54, 1.807) is 0 Å². The van der Waals surface area contributed by atoms with E-state index < -0.39 is 0 Å². The van der Waals surface area contributed by atoms with Gasteiger partial charge in [0.1, 0.15) is 0 Å². The number of anilines is 1. The summed E-state index contributed by atoms with van der Waals surface area (Å²) in [5.41, 5.74) is 1.29. The molecule has 0 amide bonds. The number of nitrogens with zero attached hydrogens (tertiary/aromatic N) is 4. The number of hydrogen-bond acceptors (Lipinski definition) is 2. The van der Waals surface area contributed by atoms with E-state index in [0.29, 0.717) is 0 Å². The van der Waals surface area contributed by atoms with E-state index in [9.17, 15) is 0 Å². The molecule has 4 nitrogen and oxygen atoms in total. The maximum Gasteiger partial charge on any atom is 0.195 e. The number of benzene rings is 1. The first-order chi connectivity index (χ1) is 9.56. The summed E-state index contributed by atoms with van der Waals surface area (Å²) in [6.07, 6.45) is 1.06. The highest BCUT2D eigenvalue weighted by Crippen LogP contribution is 2.12. The van der Waals surface area contributed by atoms with Crippen LogP contribution in [-0.2, 0) is 0 Å². The molecule has 1 aromatic carbocycles. The van der Waals surface area contributed by atoms with Crippen molar-refractivity contribution in [3.8, 4) is 0 Å². The van der Waals surface area contributed by atoms with Gasteiger partial charge in [0.25, 0.3) is 0 Å². The van der Waals surface area contributed by atoms with Gasteiger partial charge in [-0.3, -0.25) is 4.99 Å². The topological polar surface area (TPSA) is 22.1 Å². The van der Waals surface area contributed by atoms with Gasteiger partial charge in [0.05, 0.1) is 0 Å². The third kappa shape index (κ3) is 5.11. The predicted octanol–water partition coefficient (Wildman–Crippen LogP) is 2.38. The number of aliphatic imine (C=N–C) groups is 1. The molecule has 1 aromatic rings. The maximum absolute atomic E-state index is 4.66. The lowest BCUT2D eigenvalue weighted by Gasteiger charge is -2.24. The van der Waals surface area contributed by atoms with Gasteiger partial charge in [0.15, 0.2) is 5.96 Å². The molecule has 4 heteroatoms. The molecule has 1 rings (SSSR count). The van der Waals surface area contributed by atoms with Crippen molar-refractivity contribution in [1.82, 2.24) is 9.80 Å². The van der Waals surface area contributed by atoms with Gasteiger partial charge in [-0.15, -0.1) is 0 Å². The van der Waals surface area contributed by atoms with E-state index in [1.165, 1.54) is 5.69 Å². The van der Waals surface area contributed by atoms with Crippen LogP contribution in [0.25, 0.3) is 0 Å². The van der Waals surface area contributed by atoms with Crippen molar-refractivity contribution in [3.63, 3.8) is 0 Å². The number of guanidine groups is 1. The fourth-order valence-corrected chi connectivity index (χ4v) is 2.23. The first-order valence-corrected chi connectivity index (χ1v) is 7.25.